The molecular formula is C49H55N3O13. The number of hydrogen-bond acceptors (Lipinski definition) is 16. The van der Waals surface area contributed by atoms with Crippen molar-refractivity contribution in [2.24, 2.45) is 23.1 Å². The molecule has 1 saturated carbocycles. The van der Waals surface area contributed by atoms with Crippen LogP contribution in [0.1, 0.15) is 133 Å². The molecule has 1 heterocycles. The highest BCUT2D eigenvalue weighted by atomic mass is 16.7. The minimum atomic E-state index is -1.82. The fourth-order valence-electron chi connectivity index (χ4n) is 9.30. The highest BCUT2D eigenvalue weighted by Gasteiger charge is 2.49. The fourth-order valence-corrected chi connectivity index (χ4v) is 9.30. The van der Waals surface area contributed by atoms with Crippen molar-refractivity contribution in [2.75, 3.05) is 6.54 Å². The van der Waals surface area contributed by atoms with E-state index < -0.39 is 78.4 Å². The van der Waals surface area contributed by atoms with Crippen LogP contribution in [0.15, 0.2) is 54.6 Å². The van der Waals surface area contributed by atoms with Gasteiger partial charge in [0.05, 0.1) is 30.5 Å². The predicted molar refractivity (Wildman–Crippen MR) is 237 cm³/mol. The Morgan fingerprint density at radius 1 is 0.892 bits per heavy atom. The number of esters is 1. The van der Waals surface area contributed by atoms with Crippen molar-refractivity contribution in [3.63, 3.8) is 0 Å². The van der Waals surface area contributed by atoms with Crippen molar-refractivity contribution in [3.05, 3.63) is 121 Å². The lowest BCUT2D eigenvalue weighted by Crippen LogP contribution is -2.60. The molecule has 0 amide bonds. The number of phenols is 1. The number of carbonyl (C=O) groups is 4. The molecule has 7 rings (SSSR count). The summed E-state index contributed by atoms with van der Waals surface area (Å²) in [5.74, 6) is -3.78. The van der Waals surface area contributed by atoms with Gasteiger partial charge in [0.15, 0.2) is 17.9 Å². The lowest BCUT2D eigenvalue weighted by molar-refractivity contribution is -0.282. The van der Waals surface area contributed by atoms with Crippen LogP contribution in [0.5, 0.6) is 17.2 Å². The summed E-state index contributed by atoms with van der Waals surface area (Å²) in [6.45, 7) is 0.818. The number of phenolic OH excluding ortho intramolecular Hbond substituents is 1. The van der Waals surface area contributed by atoms with Crippen molar-refractivity contribution in [1.82, 2.24) is 0 Å². The molecule has 0 aromatic heterocycles. The Hall–Kier alpha value is -5.66. The van der Waals surface area contributed by atoms with Gasteiger partial charge >= 0.3 is 5.97 Å². The van der Waals surface area contributed by atoms with Gasteiger partial charge in [-0.3, -0.25) is 19.2 Å². The molecule has 12 N–H and O–H groups in total. The quantitative estimate of drug-likeness (QED) is 0.0226. The van der Waals surface area contributed by atoms with E-state index in [-0.39, 0.29) is 68.3 Å². The number of rotatable bonds is 16. The van der Waals surface area contributed by atoms with Crippen LogP contribution in [0.25, 0.3) is 12.2 Å². The molecular weight excluding hydrogens is 839 g/mol. The maximum atomic E-state index is 15.1. The standard InChI is InChI=1S/C49H55N3O13/c1-24(55)63-36-20-29(22-53)38-39(32(36)15-14-25-7-4-8-26(17-25)18-30(56)12-6-16-50)42(58)34-21-37(64-49-46(62)44(60)45(61)47(65-49)27-9-2-3-10-27)33(41(57)40(34)43(38)59)19-28-11-5-13-31(48(51)52)35(28)23-54/h4-5,7-8,11,13-15,17,20-21,23,27,30,44-49,53,56-57,60-62H,2-3,6,9-10,12,16,18-19,22,50-52H2,1H3/b15-14-/t30-,44-,45+,46-,47+,49+/m1/s1. The minimum absolute atomic E-state index is 0.00364. The van der Waals surface area contributed by atoms with Crippen LogP contribution in [0.2, 0.25) is 0 Å². The maximum Gasteiger partial charge on any atom is 0.308 e. The molecule has 0 bridgehead atoms. The Morgan fingerprint density at radius 2 is 1.63 bits per heavy atom. The fraction of sp³-hybridized carbons (Fsp3) is 0.388. The van der Waals surface area contributed by atoms with Gasteiger partial charge in [0, 0.05) is 46.7 Å². The summed E-state index contributed by atoms with van der Waals surface area (Å²) in [6.07, 6.45) is -1.27. The van der Waals surface area contributed by atoms with Crippen LogP contribution in [0.3, 0.4) is 0 Å². The number of aliphatic hydroxyl groups excluding tert-OH is 5. The van der Waals surface area contributed by atoms with Crippen LogP contribution in [-0.4, -0.2) is 97.8 Å². The number of ketones is 2. The molecule has 4 aromatic carbocycles. The Bertz CT molecular complexity index is 2500. The molecule has 2 fully saturated rings. The number of benzene rings is 4. The van der Waals surface area contributed by atoms with E-state index in [9.17, 15) is 45.0 Å². The van der Waals surface area contributed by atoms with Crippen molar-refractivity contribution < 1.29 is 64.0 Å². The molecule has 0 unspecified atom stereocenters. The molecule has 2 aliphatic carbocycles. The van der Waals surface area contributed by atoms with Crippen molar-refractivity contribution in [1.29, 1.82) is 0 Å². The molecule has 4 aromatic rings. The van der Waals surface area contributed by atoms with Gasteiger partial charge in [0.2, 0.25) is 6.29 Å². The van der Waals surface area contributed by atoms with E-state index in [0.717, 1.165) is 25.3 Å². The van der Waals surface area contributed by atoms with Crippen LogP contribution >= 0.6 is 0 Å². The number of carbonyl (C=O) groups excluding carboxylic acids is 4. The highest BCUT2D eigenvalue weighted by Crippen LogP contribution is 2.46. The number of hydrogen-bond donors (Lipinski definition) is 9. The summed E-state index contributed by atoms with van der Waals surface area (Å²) >= 11 is 0. The summed E-state index contributed by atoms with van der Waals surface area (Å²) in [5.41, 5.74) is 18.2. The average Bonchev–Trinajstić information content (AvgIpc) is 3.82. The van der Waals surface area contributed by atoms with Gasteiger partial charge in [-0.25, -0.2) is 0 Å². The first-order valence-corrected chi connectivity index (χ1v) is 21.7. The van der Waals surface area contributed by atoms with E-state index in [4.69, 9.17) is 31.4 Å². The third kappa shape index (κ3) is 9.68. The highest BCUT2D eigenvalue weighted by molar-refractivity contribution is 6.31. The first-order chi connectivity index (χ1) is 31.2. The van der Waals surface area contributed by atoms with Crippen molar-refractivity contribution >= 4 is 36.0 Å². The summed E-state index contributed by atoms with van der Waals surface area (Å²) in [6, 6.07) is 14.4. The normalized spacial score (nSPS) is 21.4. The number of nitrogens with two attached hydrogens (primary N) is 3. The molecule has 16 heteroatoms. The average molecular weight is 894 g/mol. The van der Waals surface area contributed by atoms with Gasteiger partial charge in [-0.05, 0) is 90.6 Å². The largest absolute Gasteiger partial charge is 0.507 e. The van der Waals surface area contributed by atoms with Gasteiger partial charge in [-0.1, -0.05) is 61.4 Å². The van der Waals surface area contributed by atoms with Crippen LogP contribution in [0.4, 0.5) is 0 Å². The molecule has 0 radical (unpaired) electrons. The van der Waals surface area contributed by atoms with Crippen LogP contribution < -0.4 is 26.7 Å². The van der Waals surface area contributed by atoms with Crippen molar-refractivity contribution in [2.45, 2.75) is 108 Å². The maximum absolute atomic E-state index is 15.1. The van der Waals surface area contributed by atoms with E-state index >= 15 is 4.79 Å². The predicted octanol–water partition coefficient (Wildman–Crippen LogP) is 3.09. The number of fused-ring (bicyclic) bond motifs is 2. The van der Waals surface area contributed by atoms with E-state index in [2.05, 4.69) is 0 Å². The van der Waals surface area contributed by atoms with Crippen LogP contribution in [0, 0.1) is 5.92 Å². The Kier molecular flexibility index (Phi) is 14.7. The van der Waals surface area contributed by atoms with E-state index in [1.54, 1.807) is 36.4 Å². The second-order valence-electron chi connectivity index (χ2n) is 16.9. The topological polar surface area (TPSA) is 295 Å². The Morgan fingerprint density at radius 3 is 2.31 bits per heavy atom. The third-order valence-electron chi connectivity index (χ3n) is 12.5. The third-order valence-corrected chi connectivity index (χ3v) is 12.5. The van der Waals surface area contributed by atoms with E-state index in [1.807, 2.05) is 12.1 Å². The molecule has 0 spiro atoms. The summed E-state index contributed by atoms with van der Waals surface area (Å²) in [7, 11) is 0. The van der Waals surface area contributed by atoms with Gasteiger partial charge in [-0.15, -0.1) is 0 Å². The van der Waals surface area contributed by atoms with E-state index in [1.165, 1.54) is 18.2 Å². The second-order valence-corrected chi connectivity index (χ2v) is 16.9. The first kappa shape index (κ1) is 47.3. The second kappa shape index (κ2) is 20.2. The number of aldehydes is 1. The van der Waals surface area contributed by atoms with Gasteiger partial charge < -0.3 is 62.1 Å². The summed E-state index contributed by atoms with van der Waals surface area (Å²) in [5, 5.41) is 66.8. The van der Waals surface area contributed by atoms with Gasteiger partial charge in [0.25, 0.3) is 0 Å². The molecule has 3 aliphatic rings. The molecule has 344 valence electrons. The molecule has 1 aliphatic heterocycles. The van der Waals surface area contributed by atoms with Gasteiger partial charge in [-0.2, -0.15) is 0 Å². The van der Waals surface area contributed by atoms with Crippen molar-refractivity contribution in [3.8, 4) is 17.2 Å². The monoisotopic (exact) mass is 893 g/mol. The number of aliphatic hydroxyl groups is 5. The number of ether oxygens (including phenoxy) is 3. The summed E-state index contributed by atoms with van der Waals surface area (Å²) < 4.78 is 18.1. The Labute approximate surface area is 375 Å². The van der Waals surface area contributed by atoms with Gasteiger partial charge in [0.1, 0.15) is 35.6 Å². The lowest BCUT2D eigenvalue weighted by atomic mass is 9.77. The Balaban J connectivity index is 1.39. The summed E-state index contributed by atoms with van der Waals surface area (Å²) in [4.78, 5) is 55.0. The lowest BCUT2D eigenvalue weighted by Gasteiger charge is -2.42. The molecule has 16 nitrogen and oxygen atoms in total. The SMILES string of the molecule is CC(=O)Oc1cc(CO)c2c(c1/C=C\c1cccc(C[C@H](O)CCCN)c1)C(=O)c1cc(O[C@H]3O[C@@H](C4CCCC4)[C@@H](O)[C@@H](O)[C@H]3O)c(Cc3cccc(C(N)N)c3C=O)c(O)c1C2=O. The zero-order chi connectivity index (χ0) is 46.7. The minimum Gasteiger partial charge on any atom is -0.507 e. The first-order valence-electron chi connectivity index (χ1n) is 21.7. The molecule has 65 heavy (non-hydrogen) atoms. The van der Waals surface area contributed by atoms with E-state index in [0.29, 0.717) is 56.1 Å². The zero-order valence-electron chi connectivity index (χ0n) is 35.9. The van der Waals surface area contributed by atoms with Crippen LogP contribution in [-0.2, 0) is 29.0 Å². The smallest absolute Gasteiger partial charge is 0.308 e. The zero-order valence-corrected chi connectivity index (χ0v) is 35.9. The molecule has 1 saturated heterocycles. The number of aromatic hydroxyl groups is 1. The molecule has 6 atom stereocenters.